The van der Waals surface area contributed by atoms with Gasteiger partial charge in [0.15, 0.2) is 0 Å². The lowest BCUT2D eigenvalue weighted by Gasteiger charge is -2.34. The minimum absolute atomic E-state index is 0.0886. The topological polar surface area (TPSA) is 63.4 Å². The van der Waals surface area contributed by atoms with Gasteiger partial charge in [-0.25, -0.2) is 8.42 Å². The summed E-state index contributed by atoms with van der Waals surface area (Å²) in [5.41, 5.74) is 7.08. The summed E-state index contributed by atoms with van der Waals surface area (Å²) < 4.78 is 27.3. The molecule has 2 rings (SSSR count). The molecule has 2 N–H and O–H groups in total. The largest absolute Gasteiger partial charge is 0.328 e. The van der Waals surface area contributed by atoms with Crippen LogP contribution >= 0.6 is 0 Å². The lowest BCUT2D eigenvalue weighted by Crippen LogP contribution is -2.44. The van der Waals surface area contributed by atoms with Crippen LogP contribution in [-0.4, -0.2) is 31.4 Å². The molecule has 0 bridgehead atoms. The van der Waals surface area contributed by atoms with Gasteiger partial charge in [0.05, 0.1) is 4.90 Å². The average Bonchev–Trinajstić information content (AvgIpc) is 2.50. The van der Waals surface area contributed by atoms with E-state index in [0.29, 0.717) is 11.4 Å². The third-order valence-corrected chi connectivity index (χ3v) is 6.44. The molecule has 0 unspecified atom stereocenters. The summed E-state index contributed by atoms with van der Waals surface area (Å²) in [6.45, 7) is 4.48. The van der Waals surface area contributed by atoms with Crippen LogP contribution in [0.4, 0.5) is 0 Å². The van der Waals surface area contributed by atoms with E-state index in [4.69, 9.17) is 5.73 Å². The van der Waals surface area contributed by atoms with Crippen molar-refractivity contribution < 1.29 is 8.42 Å². The highest BCUT2D eigenvalue weighted by Crippen LogP contribution is 2.27. The number of nitrogens with two attached hydrogens (primary N) is 1. The van der Waals surface area contributed by atoms with Gasteiger partial charge in [-0.05, 0) is 49.8 Å². The molecule has 1 fully saturated rings. The summed E-state index contributed by atoms with van der Waals surface area (Å²) in [5, 5.41) is 0. The molecule has 1 aromatic carbocycles. The van der Waals surface area contributed by atoms with Gasteiger partial charge in [0.2, 0.25) is 10.0 Å². The predicted octanol–water partition coefficient (Wildman–Crippen LogP) is 2.53. The van der Waals surface area contributed by atoms with Crippen LogP contribution in [0.25, 0.3) is 0 Å². The molecule has 0 heterocycles. The SMILES string of the molecule is CCc1ccc(S(=O)(=O)N(CC)C2CCC(N)CC2)cc1. The van der Waals surface area contributed by atoms with Gasteiger partial charge in [-0.3, -0.25) is 0 Å². The van der Waals surface area contributed by atoms with Crippen LogP contribution in [-0.2, 0) is 16.4 Å². The van der Waals surface area contributed by atoms with E-state index in [1.54, 1.807) is 16.4 Å². The van der Waals surface area contributed by atoms with Crippen molar-refractivity contribution in [1.29, 1.82) is 0 Å². The molecule has 0 aliphatic heterocycles. The van der Waals surface area contributed by atoms with Crippen LogP contribution in [0.3, 0.4) is 0 Å². The standard InChI is InChI=1S/C16H26N2O2S/c1-3-13-5-11-16(12-6-13)21(19,20)18(4-2)15-9-7-14(17)8-10-15/h5-6,11-12,14-15H,3-4,7-10,17H2,1-2H3. The van der Waals surface area contributed by atoms with E-state index < -0.39 is 10.0 Å². The summed E-state index contributed by atoms with van der Waals surface area (Å²) in [6.07, 6.45) is 4.46. The molecule has 1 aromatic rings. The Morgan fingerprint density at radius 2 is 1.67 bits per heavy atom. The second kappa shape index (κ2) is 6.90. The van der Waals surface area contributed by atoms with Crippen molar-refractivity contribution in [3.05, 3.63) is 29.8 Å². The maximum absolute atomic E-state index is 12.8. The normalized spacial score (nSPS) is 23.4. The van der Waals surface area contributed by atoms with E-state index in [1.165, 1.54) is 0 Å². The van der Waals surface area contributed by atoms with Crippen LogP contribution < -0.4 is 5.73 Å². The van der Waals surface area contributed by atoms with Gasteiger partial charge in [-0.15, -0.1) is 0 Å². The maximum Gasteiger partial charge on any atom is 0.243 e. The summed E-state index contributed by atoms with van der Waals surface area (Å²) in [7, 11) is -3.40. The third kappa shape index (κ3) is 3.65. The van der Waals surface area contributed by atoms with Crippen LogP contribution in [0.5, 0.6) is 0 Å². The zero-order valence-corrected chi connectivity index (χ0v) is 13.8. The number of aryl methyl sites for hydroxylation is 1. The van der Waals surface area contributed by atoms with Crippen LogP contribution in [0, 0.1) is 0 Å². The van der Waals surface area contributed by atoms with Crippen molar-refractivity contribution in [3.8, 4) is 0 Å². The van der Waals surface area contributed by atoms with E-state index in [-0.39, 0.29) is 12.1 Å². The minimum Gasteiger partial charge on any atom is -0.328 e. The Morgan fingerprint density at radius 3 is 2.14 bits per heavy atom. The number of nitrogens with zero attached hydrogens (tertiary/aromatic N) is 1. The molecule has 0 aromatic heterocycles. The zero-order valence-electron chi connectivity index (χ0n) is 13.0. The molecule has 21 heavy (non-hydrogen) atoms. The molecule has 0 saturated heterocycles. The lowest BCUT2D eigenvalue weighted by molar-refractivity contribution is 0.247. The first-order valence-corrected chi connectivity index (χ1v) is 9.29. The van der Waals surface area contributed by atoms with Crippen molar-refractivity contribution in [1.82, 2.24) is 4.31 Å². The van der Waals surface area contributed by atoms with Gasteiger partial charge < -0.3 is 5.73 Å². The van der Waals surface area contributed by atoms with Gasteiger partial charge in [-0.1, -0.05) is 26.0 Å². The predicted molar refractivity (Wildman–Crippen MR) is 85.6 cm³/mol. The average molecular weight is 310 g/mol. The highest BCUT2D eigenvalue weighted by Gasteiger charge is 2.32. The molecule has 0 amide bonds. The second-order valence-electron chi connectivity index (χ2n) is 5.77. The fourth-order valence-electron chi connectivity index (χ4n) is 3.05. The number of hydrogen-bond donors (Lipinski definition) is 1. The molecule has 0 spiro atoms. The van der Waals surface area contributed by atoms with Crippen LogP contribution in [0.1, 0.15) is 45.1 Å². The first-order chi connectivity index (χ1) is 9.98. The van der Waals surface area contributed by atoms with E-state index >= 15 is 0 Å². The molecular formula is C16H26N2O2S. The first kappa shape index (κ1) is 16.5. The monoisotopic (exact) mass is 310 g/mol. The Labute approximate surface area is 128 Å². The van der Waals surface area contributed by atoms with Gasteiger partial charge in [-0.2, -0.15) is 4.31 Å². The number of rotatable bonds is 5. The van der Waals surface area contributed by atoms with E-state index in [1.807, 2.05) is 19.1 Å². The number of benzene rings is 1. The quantitative estimate of drug-likeness (QED) is 0.909. The van der Waals surface area contributed by atoms with Crippen molar-refractivity contribution >= 4 is 10.0 Å². The zero-order chi connectivity index (χ0) is 15.5. The Morgan fingerprint density at radius 1 is 1.10 bits per heavy atom. The van der Waals surface area contributed by atoms with Crippen molar-refractivity contribution in [2.24, 2.45) is 5.73 Å². The molecule has 1 aliphatic rings. The van der Waals surface area contributed by atoms with Gasteiger partial charge in [0.1, 0.15) is 0 Å². The summed E-state index contributed by atoms with van der Waals surface area (Å²) in [6, 6.07) is 7.57. The van der Waals surface area contributed by atoms with E-state index in [0.717, 1.165) is 37.7 Å². The highest BCUT2D eigenvalue weighted by atomic mass is 32.2. The van der Waals surface area contributed by atoms with E-state index in [9.17, 15) is 8.42 Å². The fraction of sp³-hybridized carbons (Fsp3) is 0.625. The second-order valence-corrected chi connectivity index (χ2v) is 7.67. The molecule has 4 nitrogen and oxygen atoms in total. The van der Waals surface area contributed by atoms with Crippen LogP contribution in [0.15, 0.2) is 29.2 Å². The molecular weight excluding hydrogens is 284 g/mol. The summed E-state index contributed by atoms with van der Waals surface area (Å²) in [4.78, 5) is 0.399. The smallest absolute Gasteiger partial charge is 0.243 e. The van der Waals surface area contributed by atoms with Crippen molar-refractivity contribution in [2.45, 2.75) is 62.9 Å². The fourth-order valence-corrected chi connectivity index (χ4v) is 4.74. The van der Waals surface area contributed by atoms with Crippen molar-refractivity contribution in [3.63, 3.8) is 0 Å². The minimum atomic E-state index is -3.40. The third-order valence-electron chi connectivity index (χ3n) is 4.40. The maximum atomic E-state index is 12.8. The van der Waals surface area contributed by atoms with Gasteiger partial charge >= 0.3 is 0 Å². The van der Waals surface area contributed by atoms with E-state index in [2.05, 4.69) is 6.92 Å². The Kier molecular flexibility index (Phi) is 5.41. The molecule has 0 atom stereocenters. The van der Waals surface area contributed by atoms with Gasteiger partial charge in [0.25, 0.3) is 0 Å². The lowest BCUT2D eigenvalue weighted by atomic mass is 9.92. The molecule has 118 valence electrons. The Balaban J connectivity index is 2.22. The molecule has 1 saturated carbocycles. The Bertz CT molecular complexity index is 546. The highest BCUT2D eigenvalue weighted by molar-refractivity contribution is 7.89. The molecule has 5 heteroatoms. The summed E-state index contributed by atoms with van der Waals surface area (Å²) >= 11 is 0. The van der Waals surface area contributed by atoms with Gasteiger partial charge in [0, 0.05) is 18.6 Å². The molecule has 0 radical (unpaired) electrons. The Hall–Kier alpha value is -0.910. The summed E-state index contributed by atoms with van der Waals surface area (Å²) in [5.74, 6) is 0. The number of hydrogen-bond acceptors (Lipinski definition) is 3. The first-order valence-electron chi connectivity index (χ1n) is 7.85. The molecule has 1 aliphatic carbocycles. The van der Waals surface area contributed by atoms with Crippen molar-refractivity contribution in [2.75, 3.05) is 6.54 Å². The van der Waals surface area contributed by atoms with Crippen LogP contribution in [0.2, 0.25) is 0 Å². The number of sulfonamides is 1.